The molecule has 2 heterocycles. The molecular formula is C23H37F3N2O5S. The Morgan fingerprint density at radius 2 is 1.85 bits per heavy atom. The lowest BCUT2D eigenvalue weighted by atomic mass is 9.83. The quantitative estimate of drug-likeness (QED) is 0.404. The first kappa shape index (κ1) is 28.6. The van der Waals surface area contributed by atoms with E-state index in [1.807, 2.05) is 13.8 Å². The van der Waals surface area contributed by atoms with Crippen LogP contribution < -0.4 is 5.32 Å². The van der Waals surface area contributed by atoms with Crippen molar-refractivity contribution in [3.8, 4) is 0 Å². The molecule has 1 aromatic rings. The lowest BCUT2D eigenvalue weighted by Gasteiger charge is -2.25. The van der Waals surface area contributed by atoms with Gasteiger partial charge in [-0.25, -0.2) is 8.42 Å². The van der Waals surface area contributed by atoms with E-state index in [1.54, 1.807) is 6.07 Å². The van der Waals surface area contributed by atoms with E-state index in [4.69, 9.17) is 9.26 Å². The Labute approximate surface area is 200 Å². The number of hydrogen-bond donors (Lipinski definition) is 1. The van der Waals surface area contributed by atoms with Crippen molar-refractivity contribution >= 4 is 21.6 Å². The summed E-state index contributed by atoms with van der Waals surface area (Å²) < 4.78 is 72.4. The number of nitrogens with one attached hydrogen (secondary N) is 1. The third-order valence-corrected chi connectivity index (χ3v) is 8.23. The Morgan fingerprint density at radius 3 is 2.47 bits per heavy atom. The number of aromatic nitrogens is 1. The molecule has 1 aliphatic rings. The lowest BCUT2D eigenvalue weighted by molar-refractivity contribution is -0.134. The molecule has 0 aliphatic carbocycles. The summed E-state index contributed by atoms with van der Waals surface area (Å²) in [4.78, 5) is 12.7. The standard InChI is InChI=1S/C23H37F3N2O5S/c1-21(2,11-7-10-17-9-5-6-13-32-17)18-15-19(33-28-18)27-20(29)22(3,4)16-34(30,31)14-8-12-23(24,25)26/h15,17H,5-14,16H2,1-4H3,(H,27,29). The van der Waals surface area contributed by atoms with Crippen LogP contribution in [0.25, 0.3) is 0 Å². The highest BCUT2D eigenvalue weighted by atomic mass is 32.2. The Balaban J connectivity index is 1.88. The average Bonchev–Trinajstić information content (AvgIpc) is 3.16. The van der Waals surface area contributed by atoms with E-state index in [0.29, 0.717) is 11.8 Å². The van der Waals surface area contributed by atoms with Crippen LogP contribution in [-0.2, 0) is 24.8 Å². The highest BCUT2D eigenvalue weighted by Crippen LogP contribution is 2.32. The first-order valence-corrected chi connectivity index (χ1v) is 13.6. The minimum Gasteiger partial charge on any atom is -0.378 e. The lowest BCUT2D eigenvalue weighted by Crippen LogP contribution is -2.37. The van der Waals surface area contributed by atoms with Gasteiger partial charge in [-0.15, -0.1) is 0 Å². The van der Waals surface area contributed by atoms with Crippen LogP contribution in [0.5, 0.6) is 0 Å². The molecule has 1 aliphatic heterocycles. The maximum Gasteiger partial charge on any atom is 0.389 e. The predicted octanol–water partition coefficient (Wildman–Crippen LogP) is 5.41. The maximum absolute atomic E-state index is 12.7. The van der Waals surface area contributed by atoms with E-state index < -0.39 is 51.7 Å². The number of carbonyl (C=O) groups is 1. The normalized spacial score (nSPS) is 18.1. The van der Waals surface area contributed by atoms with E-state index in [1.165, 1.54) is 20.3 Å². The molecule has 0 radical (unpaired) electrons. The Morgan fingerprint density at radius 1 is 1.15 bits per heavy atom. The number of hydrogen-bond acceptors (Lipinski definition) is 6. The highest BCUT2D eigenvalue weighted by Gasteiger charge is 2.35. The second-order valence-corrected chi connectivity index (χ2v) is 12.7. The second-order valence-electron chi connectivity index (χ2n) is 10.5. The van der Waals surface area contributed by atoms with Gasteiger partial charge in [0.2, 0.25) is 11.8 Å². The summed E-state index contributed by atoms with van der Waals surface area (Å²) in [5.41, 5.74) is -0.984. The van der Waals surface area contributed by atoms with Gasteiger partial charge in [0, 0.05) is 24.5 Å². The fourth-order valence-electron chi connectivity index (χ4n) is 4.05. The van der Waals surface area contributed by atoms with Crippen LogP contribution in [0.1, 0.15) is 84.8 Å². The fraction of sp³-hybridized carbons (Fsp3) is 0.826. The predicted molar refractivity (Wildman–Crippen MR) is 123 cm³/mol. The summed E-state index contributed by atoms with van der Waals surface area (Å²) in [7, 11) is -3.85. The molecule has 1 fully saturated rings. The number of ether oxygens (including phenoxy) is 1. The number of nitrogens with zero attached hydrogens (tertiary/aromatic N) is 1. The Hall–Kier alpha value is -1.62. The number of amides is 1. The van der Waals surface area contributed by atoms with E-state index in [0.717, 1.165) is 38.7 Å². The zero-order valence-electron chi connectivity index (χ0n) is 20.5. The summed E-state index contributed by atoms with van der Waals surface area (Å²) >= 11 is 0. The van der Waals surface area contributed by atoms with Crippen LogP contribution >= 0.6 is 0 Å². The van der Waals surface area contributed by atoms with E-state index >= 15 is 0 Å². The SMILES string of the molecule is CC(C)(CS(=O)(=O)CCCC(F)(F)F)C(=O)Nc1cc(C(C)(C)CCCC2CCCCO2)no1. The van der Waals surface area contributed by atoms with Crippen molar-refractivity contribution in [3.05, 3.63) is 11.8 Å². The molecule has 1 N–H and O–H groups in total. The van der Waals surface area contributed by atoms with Crippen molar-refractivity contribution < 1.29 is 35.6 Å². The molecule has 1 atom stereocenters. The van der Waals surface area contributed by atoms with Crippen LogP contribution in [0.2, 0.25) is 0 Å². The summed E-state index contributed by atoms with van der Waals surface area (Å²) in [5.74, 6) is -1.71. The maximum atomic E-state index is 12.7. The second kappa shape index (κ2) is 11.4. The first-order chi connectivity index (χ1) is 15.6. The van der Waals surface area contributed by atoms with Gasteiger partial charge in [-0.1, -0.05) is 32.9 Å². The van der Waals surface area contributed by atoms with Crippen LogP contribution in [0.3, 0.4) is 0 Å². The number of anilines is 1. The van der Waals surface area contributed by atoms with E-state index in [-0.39, 0.29) is 11.3 Å². The van der Waals surface area contributed by atoms with Gasteiger partial charge < -0.3 is 9.26 Å². The third kappa shape index (κ3) is 9.56. The minimum absolute atomic E-state index is 0.103. The van der Waals surface area contributed by atoms with Crippen molar-refractivity contribution in [2.45, 2.75) is 96.8 Å². The molecule has 0 aromatic carbocycles. The number of halogens is 3. The Kier molecular flexibility index (Phi) is 9.60. The van der Waals surface area contributed by atoms with Gasteiger partial charge in [0.1, 0.15) is 0 Å². The molecule has 2 rings (SSSR count). The van der Waals surface area contributed by atoms with Crippen LogP contribution in [-0.4, -0.2) is 49.9 Å². The zero-order valence-corrected chi connectivity index (χ0v) is 21.3. The Bertz CT molecular complexity index is 904. The summed E-state index contributed by atoms with van der Waals surface area (Å²) in [5, 5.41) is 6.63. The van der Waals surface area contributed by atoms with Gasteiger partial charge in [0.05, 0.1) is 28.7 Å². The molecule has 196 valence electrons. The summed E-state index contributed by atoms with van der Waals surface area (Å²) in [6.07, 6.45) is 0.403. The van der Waals surface area contributed by atoms with Crippen molar-refractivity contribution in [1.82, 2.24) is 5.16 Å². The fourth-order valence-corrected chi connectivity index (χ4v) is 6.01. The van der Waals surface area contributed by atoms with Crippen molar-refractivity contribution in [2.75, 3.05) is 23.4 Å². The number of carbonyl (C=O) groups excluding carboxylic acids is 1. The monoisotopic (exact) mass is 510 g/mol. The molecular weight excluding hydrogens is 473 g/mol. The average molecular weight is 511 g/mol. The molecule has 1 aromatic heterocycles. The smallest absolute Gasteiger partial charge is 0.378 e. The van der Waals surface area contributed by atoms with Crippen LogP contribution in [0.4, 0.5) is 19.1 Å². The molecule has 7 nitrogen and oxygen atoms in total. The molecule has 0 spiro atoms. The molecule has 1 amide bonds. The molecule has 1 saturated heterocycles. The minimum atomic E-state index is -4.41. The molecule has 11 heteroatoms. The molecule has 34 heavy (non-hydrogen) atoms. The topological polar surface area (TPSA) is 98.5 Å². The molecule has 0 saturated carbocycles. The van der Waals surface area contributed by atoms with Crippen LogP contribution in [0, 0.1) is 5.41 Å². The summed E-state index contributed by atoms with van der Waals surface area (Å²) in [6.45, 7) is 7.76. The first-order valence-electron chi connectivity index (χ1n) is 11.8. The largest absolute Gasteiger partial charge is 0.389 e. The van der Waals surface area contributed by atoms with Crippen molar-refractivity contribution in [3.63, 3.8) is 0 Å². The molecule has 0 bridgehead atoms. The third-order valence-electron chi connectivity index (χ3n) is 6.15. The van der Waals surface area contributed by atoms with Gasteiger partial charge in [-0.3, -0.25) is 10.1 Å². The van der Waals surface area contributed by atoms with Crippen molar-refractivity contribution in [2.24, 2.45) is 5.41 Å². The summed E-state index contributed by atoms with van der Waals surface area (Å²) in [6, 6.07) is 1.63. The van der Waals surface area contributed by atoms with Gasteiger partial charge in [0.25, 0.3) is 0 Å². The van der Waals surface area contributed by atoms with Crippen molar-refractivity contribution in [1.29, 1.82) is 0 Å². The van der Waals surface area contributed by atoms with E-state index in [2.05, 4.69) is 10.5 Å². The molecule has 1 unspecified atom stereocenters. The number of rotatable bonds is 12. The van der Waals surface area contributed by atoms with Gasteiger partial charge >= 0.3 is 6.18 Å². The number of alkyl halides is 3. The number of sulfone groups is 1. The zero-order chi connectivity index (χ0) is 25.6. The van der Waals surface area contributed by atoms with Gasteiger partial charge in [-0.05, 0) is 44.9 Å². The van der Waals surface area contributed by atoms with Gasteiger partial charge in [-0.2, -0.15) is 13.2 Å². The van der Waals surface area contributed by atoms with E-state index in [9.17, 15) is 26.4 Å². The highest BCUT2D eigenvalue weighted by molar-refractivity contribution is 7.91. The van der Waals surface area contributed by atoms with Crippen LogP contribution in [0.15, 0.2) is 10.6 Å². The van der Waals surface area contributed by atoms with Gasteiger partial charge in [0.15, 0.2) is 9.84 Å².